The van der Waals surface area contributed by atoms with E-state index in [2.05, 4.69) is 205 Å². The van der Waals surface area contributed by atoms with Crippen LogP contribution in [0.5, 0.6) is 5.75 Å². The molecule has 0 atom stereocenters. The molecule has 0 saturated carbocycles. The Kier molecular flexibility index (Phi) is 11.3. The van der Waals surface area contributed by atoms with E-state index in [1.54, 1.807) is 0 Å². The molecule has 0 unspecified atom stereocenters. The lowest BCUT2D eigenvalue weighted by atomic mass is 9.81. The lowest BCUT2D eigenvalue weighted by Gasteiger charge is -2.25. The number of fused-ring (bicyclic) bond motifs is 1. The molecular weight excluding hydrogens is 791 g/mol. The van der Waals surface area contributed by atoms with Gasteiger partial charge in [0.05, 0.1) is 22.3 Å². The Labute approximate surface area is 386 Å². The van der Waals surface area contributed by atoms with Crippen LogP contribution in [0.4, 0.5) is 0 Å². The predicted molar refractivity (Wildman–Crippen MR) is 274 cm³/mol. The number of rotatable bonds is 10. The molecule has 0 fully saturated rings. The molecular formula is C61H59N3O. The highest BCUT2D eigenvalue weighted by molar-refractivity contribution is 5.98. The summed E-state index contributed by atoms with van der Waals surface area (Å²) in [4.78, 5) is 10.6. The zero-order valence-electron chi connectivity index (χ0n) is 40.1. The van der Waals surface area contributed by atoms with E-state index >= 15 is 0 Å². The molecule has 0 amide bonds. The fourth-order valence-electron chi connectivity index (χ4n) is 9.05. The Morgan fingerprint density at radius 2 is 1.18 bits per heavy atom. The van der Waals surface area contributed by atoms with Crippen LogP contribution in [0, 0.1) is 0 Å². The Bertz CT molecular complexity index is 3200. The summed E-state index contributed by atoms with van der Waals surface area (Å²) in [6, 6.07) is 57.9. The van der Waals surface area contributed by atoms with Crippen LogP contribution in [0.1, 0.15) is 104 Å². The molecule has 65 heavy (non-hydrogen) atoms. The Balaban J connectivity index is 1.30. The summed E-state index contributed by atoms with van der Waals surface area (Å²) in [6.45, 7) is 19.3. The smallest absolute Gasteiger partial charge is 0.149 e. The number of nitrogens with zero attached hydrogens (tertiary/aromatic N) is 3. The molecule has 1 N–H and O–H groups in total. The second-order valence-electron chi connectivity index (χ2n) is 19.3. The molecule has 9 rings (SSSR count). The van der Waals surface area contributed by atoms with Crippen molar-refractivity contribution in [2.75, 3.05) is 0 Å². The maximum atomic E-state index is 12.3. The highest BCUT2D eigenvalue weighted by Crippen LogP contribution is 2.44. The minimum Gasteiger partial charge on any atom is -0.507 e. The molecule has 0 radical (unpaired) electrons. The number of para-hydroxylation sites is 1. The predicted octanol–water partition coefficient (Wildman–Crippen LogP) is 16.8. The van der Waals surface area contributed by atoms with E-state index in [9.17, 15) is 5.11 Å². The molecule has 324 valence electrons. The normalized spacial score (nSPS) is 12.3. The van der Waals surface area contributed by atoms with Gasteiger partial charge in [0, 0.05) is 24.4 Å². The van der Waals surface area contributed by atoms with Crippen molar-refractivity contribution in [1.29, 1.82) is 0 Å². The van der Waals surface area contributed by atoms with E-state index < -0.39 is 5.89 Å². The number of benzene rings is 7. The first-order valence-corrected chi connectivity index (χ1v) is 22.9. The molecule has 2 aromatic heterocycles. The Morgan fingerprint density at radius 1 is 0.523 bits per heavy atom. The molecule has 0 aliphatic heterocycles. The molecule has 7 aromatic carbocycles. The average Bonchev–Trinajstić information content (AvgIpc) is 3.71. The highest BCUT2D eigenvalue weighted by atomic mass is 16.3. The molecule has 0 aliphatic rings. The van der Waals surface area contributed by atoms with Gasteiger partial charge in [-0.05, 0) is 139 Å². The first kappa shape index (κ1) is 41.9. The third-order valence-electron chi connectivity index (χ3n) is 12.7. The summed E-state index contributed by atoms with van der Waals surface area (Å²) < 4.78 is 10.8. The van der Waals surface area contributed by atoms with Crippen molar-refractivity contribution >= 4 is 11.0 Å². The maximum Gasteiger partial charge on any atom is 0.149 e. The quantitative estimate of drug-likeness (QED) is 0.149. The van der Waals surface area contributed by atoms with Crippen LogP contribution in [-0.4, -0.2) is 19.6 Å². The number of phenolic OH excluding ortho intramolecular Hbond substituents is 1. The summed E-state index contributed by atoms with van der Waals surface area (Å²) in [5.74, 6) is 0.638. The van der Waals surface area contributed by atoms with Crippen molar-refractivity contribution in [3.05, 3.63) is 192 Å². The standard InChI is InChI=1S/C61H59N3O/c1-38(2)41-23-25-43(26-24-41)45-29-30-62-56(36-45)49-32-47(42-17-12-10-13-18-42)31-48(33-49)52-21-16-22-57-58(52)63-60(54-35-46(39(3)4)34-53(40(5)6)59(54)65)64(57)50-27-28-51(44-19-14-11-15-20-44)55(37-50)61(7,8)9/h10-40,65H,1-9H3/i38D. The van der Waals surface area contributed by atoms with Crippen LogP contribution >= 0.6 is 0 Å². The number of imidazole rings is 1. The molecule has 2 heterocycles. The fraction of sp³-hybridized carbons (Fsp3) is 0.213. The third-order valence-corrected chi connectivity index (χ3v) is 12.7. The van der Waals surface area contributed by atoms with Gasteiger partial charge in [0.1, 0.15) is 11.6 Å². The minimum absolute atomic E-state index is 0.106. The summed E-state index contributed by atoms with van der Waals surface area (Å²) >= 11 is 0. The van der Waals surface area contributed by atoms with Crippen molar-refractivity contribution in [1.82, 2.24) is 14.5 Å². The summed E-state index contributed by atoms with van der Waals surface area (Å²) in [5, 5.41) is 12.3. The summed E-state index contributed by atoms with van der Waals surface area (Å²) in [5.41, 5.74) is 18.1. The van der Waals surface area contributed by atoms with Crippen LogP contribution in [0.25, 0.3) is 83.9 Å². The lowest BCUT2D eigenvalue weighted by Crippen LogP contribution is -2.14. The van der Waals surface area contributed by atoms with Gasteiger partial charge in [0.15, 0.2) is 0 Å². The van der Waals surface area contributed by atoms with E-state index in [1.807, 2.05) is 32.2 Å². The van der Waals surface area contributed by atoms with Crippen LogP contribution in [0.15, 0.2) is 170 Å². The lowest BCUT2D eigenvalue weighted by molar-refractivity contribution is 0.466. The minimum atomic E-state index is -0.673. The van der Waals surface area contributed by atoms with E-state index in [0.29, 0.717) is 5.82 Å². The number of pyridine rings is 1. The van der Waals surface area contributed by atoms with Crippen LogP contribution < -0.4 is 0 Å². The molecule has 9 aromatic rings. The number of aromatic hydroxyl groups is 1. The first-order chi connectivity index (χ1) is 31.5. The molecule has 4 nitrogen and oxygen atoms in total. The highest BCUT2D eigenvalue weighted by Gasteiger charge is 2.26. The van der Waals surface area contributed by atoms with E-state index in [4.69, 9.17) is 11.3 Å². The van der Waals surface area contributed by atoms with Gasteiger partial charge in [0.25, 0.3) is 0 Å². The average molecular weight is 851 g/mol. The topological polar surface area (TPSA) is 50.9 Å². The summed E-state index contributed by atoms with van der Waals surface area (Å²) in [6.07, 6.45) is 1.88. The second-order valence-corrected chi connectivity index (χ2v) is 19.3. The maximum absolute atomic E-state index is 12.3. The van der Waals surface area contributed by atoms with Gasteiger partial charge in [-0.25, -0.2) is 4.98 Å². The van der Waals surface area contributed by atoms with E-state index in [1.165, 1.54) is 16.7 Å². The van der Waals surface area contributed by atoms with Gasteiger partial charge in [-0.1, -0.05) is 172 Å². The molecule has 4 heteroatoms. The van der Waals surface area contributed by atoms with Crippen molar-refractivity contribution in [2.24, 2.45) is 0 Å². The number of hydrogen-bond donors (Lipinski definition) is 1. The zero-order chi connectivity index (χ0) is 46.5. The van der Waals surface area contributed by atoms with Gasteiger partial charge >= 0.3 is 0 Å². The monoisotopic (exact) mass is 850 g/mol. The summed E-state index contributed by atoms with van der Waals surface area (Å²) in [7, 11) is 0. The molecule has 0 aliphatic carbocycles. The van der Waals surface area contributed by atoms with Gasteiger partial charge in [-0.2, -0.15) is 0 Å². The SMILES string of the molecule is [2H]C(C)(C)c1ccc(-c2ccnc(-c3cc(-c4ccccc4)cc(-c4cccc5c4nc(-c4cc(C(C)C)cc(C(C)C)c4O)n5-c4ccc(-c5ccccc5)c(C(C)(C)C)c4)c3)c2)cc1. The fourth-order valence-corrected chi connectivity index (χ4v) is 9.05. The van der Waals surface area contributed by atoms with Crippen LogP contribution in [0.3, 0.4) is 0 Å². The van der Waals surface area contributed by atoms with Crippen LogP contribution in [0.2, 0.25) is 0 Å². The van der Waals surface area contributed by atoms with Gasteiger partial charge in [0.2, 0.25) is 0 Å². The van der Waals surface area contributed by atoms with Crippen molar-refractivity contribution in [3.63, 3.8) is 0 Å². The van der Waals surface area contributed by atoms with Gasteiger partial charge in [-0.15, -0.1) is 0 Å². The second kappa shape index (κ2) is 17.5. The zero-order valence-corrected chi connectivity index (χ0v) is 39.1. The van der Waals surface area contributed by atoms with E-state index in [0.717, 1.165) is 83.6 Å². The molecule has 0 spiro atoms. The van der Waals surface area contributed by atoms with Crippen molar-refractivity contribution in [3.8, 4) is 78.6 Å². The van der Waals surface area contributed by atoms with E-state index in [-0.39, 0.29) is 23.0 Å². The Morgan fingerprint density at radius 3 is 1.85 bits per heavy atom. The van der Waals surface area contributed by atoms with Gasteiger partial charge < -0.3 is 5.11 Å². The van der Waals surface area contributed by atoms with Crippen molar-refractivity contribution in [2.45, 2.75) is 85.5 Å². The van der Waals surface area contributed by atoms with Crippen LogP contribution in [-0.2, 0) is 5.41 Å². The Hall–Kier alpha value is -7.04. The number of phenols is 1. The first-order valence-electron chi connectivity index (χ1n) is 23.4. The molecule has 0 bridgehead atoms. The number of aromatic nitrogens is 3. The van der Waals surface area contributed by atoms with Crippen molar-refractivity contribution < 1.29 is 6.48 Å². The number of hydrogen-bond acceptors (Lipinski definition) is 3. The molecule has 0 saturated heterocycles. The van der Waals surface area contributed by atoms with Gasteiger partial charge in [-0.3, -0.25) is 9.55 Å². The largest absolute Gasteiger partial charge is 0.507 e. The third kappa shape index (κ3) is 8.54.